The number of hydrogen-bond donors (Lipinski definition) is 1. The lowest BCUT2D eigenvalue weighted by Crippen LogP contribution is -2.35. The summed E-state index contributed by atoms with van der Waals surface area (Å²) in [4.78, 5) is 17.3. The predicted molar refractivity (Wildman–Crippen MR) is 122 cm³/mol. The molecule has 2 aromatic carbocycles. The molecule has 0 radical (unpaired) electrons. The Morgan fingerprint density at radius 3 is 2.75 bits per heavy atom. The number of rotatable bonds is 5. The molecule has 1 atom stereocenters. The van der Waals surface area contributed by atoms with Crippen molar-refractivity contribution in [3.05, 3.63) is 95.9 Å². The number of pyridine rings is 1. The van der Waals surface area contributed by atoms with E-state index in [0.717, 1.165) is 16.9 Å². The average molecular weight is 447 g/mol. The van der Waals surface area contributed by atoms with Crippen LogP contribution in [-0.2, 0) is 23.0 Å². The Morgan fingerprint density at radius 2 is 1.91 bits per heavy atom. The highest BCUT2D eigenvalue weighted by Gasteiger charge is 2.36. The molecule has 1 aliphatic rings. The lowest BCUT2D eigenvalue weighted by atomic mass is 10.1. The van der Waals surface area contributed by atoms with Gasteiger partial charge in [0.15, 0.2) is 0 Å². The predicted octanol–water partition coefficient (Wildman–Crippen LogP) is 3.40. The van der Waals surface area contributed by atoms with Crippen LogP contribution in [0.15, 0.2) is 84.0 Å². The number of carbonyl (C=O) groups is 1. The summed E-state index contributed by atoms with van der Waals surface area (Å²) in [6.07, 6.45) is 4.40. The summed E-state index contributed by atoms with van der Waals surface area (Å²) in [5, 5.41) is 2.83. The van der Waals surface area contributed by atoms with E-state index in [4.69, 9.17) is 0 Å². The van der Waals surface area contributed by atoms with Gasteiger partial charge in [0.1, 0.15) is 5.65 Å². The summed E-state index contributed by atoms with van der Waals surface area (Å²) in [5.41, 5.74) is 3.50. The van der Waals surface area contributed by atoms with E-state index in [1.54, 1.807) is 12.1 Å². The molecule has 1 amide bonds. The SMILES string of the molecule is C[C@H]1Cc2ccccc2N1S(=O)(=O)c1cccc(C(=O)NCc2cn3ccccc3n2)c1. The van der Waals surface area contributed by atoms with Gasteiger partial charge in [0, 0.05) is 24.0 Å². The van der Waals surface area contributed by atoms with Crippen molar-refractivity contribution >= 4 is 27.3 Å². The van der Waals surface area contributed by atoms with Gasteiger partial charge in [-0.3, -0.25) is 9.10 Å². The molecule has 0 unspecified atom stereocenters. The Bertz CT molecular complexity index is 1390. The third-order valence-corrected chi connectivity index (χ3v) is 7.57. The highest BCUT2D eigenvalue weighted by molar-refractivity contribution is 7.92. The molecule has 0 spiro atoms. The van der Waals surface area contributed by atoms with Crippen molar-refractivity contribution in [2.45, 2.75) is 30.8 Å². The summed E-state index contributed by atoms with van der Waals surface area (Å²) >= 11 is 0. The van der Waals surface area contributed by atoms with Crippen LogP contribution in [0.3, 0.4) is 0 Å². The van der Waals surface area contributed by atoms with E-state index in [-0.39, 0.29) is 29.0 Å². The van der Waals surface area contributed by atoms with Crippen molar-refractivity contribution in [2.75, 3.05) is 4.31 Å². The summed E-state index contributed by atoms with van der Waals surface area (Å²) in [6.45, 7) is 2.14. The molecule has 32 heavy (non-hydrogen) atoms. The molecule has 0 aliphatic carbocycles. The van der Waals surface area contributed by atoms with Gasteiger partial charge in [-0.2, -0.15) is 0 Å². The van der Waals surface area contributed by atoms with Gasteiger partial charge in [0.25, 0.3) is 15.9 Å². The van der Waals surface area contributed by atoms with Gasteiger partial charge in [-0.15, -0.1) is 0 Å². The third-order valence-electron chi connectivity index (χ3n) is 5.64. The molecular formula is C24H22N4O3S. The van der Waals surface area contributed by atoms with Crippen LogP contribution in [0.25, 0.3) is 5.65 Å². The number of fused-ring (bicyclic) bond motifs is 2. The number of imidazole rings is 1. The number of anilines is 1. The minimum Gasteiger partial charge on any atom is -0.346 e. The van der Waals surface area contributed by atoms with E-state index < -0.39 is 10.0 Å². The lowest BCUT2D eigenvalue weighted by Gasteiger charge is -2.24. The number of aromatic nitrogens is 2. The number of para-hydroxylation sites is 1. The number of nitrogens with one attached hydrogen (secondary N) is 1. The number of nitrogens with zero attached hydrogens (tertiary/aromatic N) is 3. The standard InChI is InChI=1S/C24H22N4O3S/c1-17-13-18-7-2-3-10-22(18)28(17)32(30,31)21-9-6-8-19(14-21)24(29)25-15-20-16-27-12-5-4-11-23(27)26-20/h2-12,14,16-17H,13,15H2,1H3,(H,25,29)/t17-/m0/s1. The van der Waals surface area contributed by atoms with Crippen LogP contribution in [0.1, 0.15) is 28.5 Å². The second-order valence-corrected chi connectivity index (χ2v) is 9.71. The maximum absolute atomic E-state index is 13.4. The molecule has 1 N–H and O–H groups in total. The van der Waals surface area contributed by atoms with Crippen molar-refractivity contribution in [2.24, 2.45) is 0 Å². The van der Waals surface area contributed by atoms with Gasteiger partial charge in [0.05, 0.1) is 22.8 Å². The van der Waals surface area contributed by atoms with Gasteiger partial charge in [-0.05, 0) is 55.3 Å². The third kappa shape index (κ3) is 3.52. The highest BCUT2D eigenvalue weighted by Crippen LogP contribution is 2.36. The minimum atomic E-state index is -3.80. The number of benzene rings is 2. The Hall–Kier alpha value is -3.65. The molecule has 4 aromatic rings. The van der Waals surface area contributed by atoms with Crippen molar-refractivity contribution < 1.29 is 13.2 Å². The molecule has 0 saturated heterocycles. The van der Waals surface area contributed by atoms with Gasteiger partial charge < -0.3 is 9.72 Å². The minimum absolute atomic E-state index is 0.0985. The topological polar surface area (TPSA) is 83.8 Å². The summed E-state index contributed by atoms with van der Waals surface area (Å²) in [5.74, 6) is -0.353. The average Bonchev–Trinajstić information content (AvgIpc) is 3.37. The van der Waals surface area contributed by atoms with Crippen LogP contribution >= 0.6 is 0 Å². The molecule has 2 aromatic heterocycles. The van der Waals surface area contributed by atoms with Crippen molar-refractivity contribution in [3.63, 3.8) is 0 Å². The van der Waals surface area contributed by atoms with Gasteiger partial charge >= 0.3 is 0 Å². The second kappa shape index (κ2) is 7.80. The summed E-state index contributed by atoms with van der Waals surface area (Å²) in [6, 6.07) is 19.2. The van der Waals surface area contributed by atoms with E-state index in [0.29, 0.717) is 12.1 Å². The molecule has 1 aliphatic heterocycles. The zero-order valence-corrected chi connectivity index (χ0v) is 18.3. The van der Waals surface area contributed by atoms with Crippen LogP contribution in [0.5, 0.6) is 0 Å². The van der Waals surface area contributed by atoms with E-state index in [2.05, 4.69) is 10.3 Å². The van der Waals surface area contributed by atoms with Crippen molar-refractivity contribution in [1.82, 2.24) is 14.7 Å². The molecule has 0 saturated carbocycles. The Morgan fingerprint density at radius 1 is 1.09 bits per heavy atom. The normalized spacial score (nSPS) is 15.7. The Kier molecular flexibility index (Phi) is 4.94. The lowest BCUT2D eigenvalue weighted by molar-refractivity contribution is 0.0950. The van der Waals surface area contributed by atoms with Crippen molar-refractivity contribution in [3.8, 4) is 0 Å². The fourth-order valence-electron chi connectivity index (χ4n) is 4.16. The summed E-state index contributed by atoms with van der Waals surface area (Å²) < 4.78 is 30.2. The Balaban J connectivity index is 1.37. The number of hydrogen-bond acceptors (Lipinski definition) is 4. The van der Waals surface area contributed by atoms with Gasteiger partial charge in [-0.25, -0.2) is 13.4 Å². The van der Waals surface area contributed by atoms with E-state index in [9.17, 15) is 13.2 Å². The fourth-order valence-corrected chi connectivity index (χ4v) is 5.90. The first-order valence-corrected chi connectivity index (χ1v) is 11.8. The molecule has 0 fully saturated rings. The molecule has 7 nitrogen and oxygen atoms in total. The quantitative estimate of drug-likeness (QED) is 0.509. The monoisotopic (exact) mass is 446 g/mol. The summed E-state index contributed by atoms with van der Waals surface area (Å²) in [7, 11) is -3.80. The van der Waals surface area contributed by atoms with Crippen molar-refractivity contribution in [1.29, 1.82) is 0 Å². The van der Waals surface area contributed by atoms with E-state index in [1.165, 1.54) is 16.4 Å². The first-order valence-electron chi connectivity index (χ1n) is 10.4. The largest absolute Gasteiger partial charge is 0.346 e. The highest BCUT2D eigenvalue weighted by atomic mass is 32.2. The zero-order valence-electron chi connectivity index (χ0n) is 17.5. The molecule has 8 heteroatoms. The van der Waals surface area contributed by atoms with Crippen LogP contribution in [0.2, 0.25) is 0 Å². The fraction of sp³-hybridized carbons (Fsp3) is 0.167. The van der Waals surface area contributed by atoms with Crippen LogP contribution in [-0.4, -0.2) is 29.8 Å². The number of amides is 1. The Labute approximate surface area is 186 Å². The first-order chi connectivity index (χ1) is 15.4. The van der Waals surface area contributed by atoms with Crippen LogP contribution in [0, 0.1) is 0 Å². The zero-order chi connectivity index (χ0) is 22.3. The number of sulfonamides is 1. The maximum atomic E-state index is 13.4. The van der Waals surface area contributed by atoms with E-state index in [1.807, 2.05) is 66.2 Å². The van der Waals surface area contributed by atoms with Crippen LogP contribution in [0.4, 0.5) is 5.69 Å². The smallest absolute Gasteiger partial charge is 0.264 e. The molecule has 3 heterocycles. The molecule has 5 rings (SSSR count). The second-order valence-electron chi connectivity index (χ2n) is 7.89. The van der Waals surface area contributed by atoms with Crippen LogP contribution < -0.4 is 9.62 Å². The molecular weight excluding hydrogens is 424 g/mol. The number of carbonyl (C=O) groups excluding carboxylic acids is 1. The van der Waals surface area contributed by atoms with Gasteiger partial charge in [0.2, 0.25) is 0 Å². The first kappa shape index (κ1) is 20.3. The molecule has 162 valence electrons. The van der Waals surface area contributed by atoms with E-state index >= 15 is 0 Å². The maximum Gasteiger partial charge on any atom is 0.264 e. The van der Waals surface area contributed by atoms with Gasteiger partial charge in [-0.1, -0.05) is 30.3 Å². The molecule has 0 bridgehead atoms.